The monoisotopic (exact) mass is 634 g/mol. The molecule has 5 aromatic rings. The molecule has 0 fully saturated rings. The smallest absolute Gasteiger partial charge is 0.347 e. The Morgan fingerprint density at radius 3 is 2.36 bits per heavy atom. The maximum absolute atomic E-state index is 13.9. The Morgan fingerprint density at radius 2 is 1.68 bits per heavy atom. The van der Waals surface area contributed by atoms with Crippen molar-refractivity contribution in [3.8, 4) is 28.6 Å². The van der Waals surface area contributed by atoms with Gasteiger partial charge >= 0.3 is 5.97 Å². The minimum Gasteiger partial charge on any atom is -0.494 e. The van der Waals surface area contributed by atoms with Crippen molar-refractivity contribution in [2.75, 3.05) is 13.2 Å². The summed E-state index contributed by atoms with van der Waals surface area (Å²) in [4.78, 5) is 30.9. The van der Waals surface area contributed by atoms with E-state index in [1.54, 1.807) is 26.1 Å². The van der Waals surface area contributed by atoms with E-state index in [0.717, 1.165) is 45.1 Å². The highest BCUT2D eigenvalue weighted by atomic mass is 16.6. The van der Waals surface area contributed by atoms with Gasteiger partial charge in [-0.15, -0.1) is 0 Å². The quantitative estimate of drug-likeness (QED) is 0.110. The molecule has 0 radical (unpaired) electrons. The molecule has 0 aliphatic rings. The summed E-state index contributed by atoms with van der Waals surface area (Å²) >= 11 is 0. The number of nitrogens with zero attached hydrogens (tertiary/aromatic N) is 4. The molecule has 0 saturated carbocycles. The van der Waals surface area contributed by atoms with Crippen molar-refractivity contribution >= 4 is 23.1 Å². The minimum atomic E-state index is -0.708. The van der Waals surface area contributed by atoms with Gasteiger partial charge in [0.05, 0.1) is 30.3 Å². The summed E-state index contributed by atoms with van der Waals surface area (Å²) in [7, 11) is 0. The van der Waals surface area contributed by atoms with Crippen LogP contribution in [0.2, 0.25) is 0 Å². The third-order valence-electron chi connectivity index (χ3n) is 8.08. The second-order valence-electron chi connectivity index (χ2n) is 11.8. The van der Waals surface area contributed by atoms with Gasteiger partial charge in [-0.1, -0.05) is 26.0 Å². The van der Waals surface area contributed by atoms with Crippen LogP contribution in [-0.4, -0.2) is 45.7 Å². The van der Waals surface area contributed by atoms with Crippen molar-refractivity contribution in [2.45, 2.75) is 67.4 Å². The first kappa shape index (κ1) is 33.2. The van der Waals surface area contributed by atoms with Crippen LogP contribution in [0.3, 0.4) is 0 Å². The zero-order chi connectivity index (χ0) is 33.8. The molecule has 9 heteroatoms. The predicted octanol–water partition coefficient (Wildman–Crippen LogP) is 7.51. The van der Waals surface area contributed by atoms with Crippen LogP contribution in [-0.2, 0) is 9.53 Å². The van der Waals surface area contributed by atoms with Gasteiger partial charge in [-0.2, -0.15) is 9.78 Å². The molecular weight excluding hydrogens is 592 g/mol. The van der Waals surface area contributed by atoms with Gasteiger partial charge in [0, 0.05) is 28.2 Å². The molecule has 0 saturated heterocycles. The molecular formula is C38H42N4O5. The summed E-state index contributed by atoms with van der Waals surface area (Å²) in [5, 5.41) is 5.26. The lowest BCUT2D eigenvalue weighted by molar-refractivity contribution is -0.150. The average molecular weight is 635 g/mol. The SMILES string of the molecule is CCOC(=O)[C@H](C)Oc1ccc(-n2c(C)cc(C=Nn3c(-c4cc(C(C)C)c(OCC)cc4C)nc4ccccc4c3=O)c2C)cc1. The number of hydrogen-bond donors (Lipinski definition) is 0. The molecule has 5 rings (SSSR count). The summed E-state index contributed by atoms with van der Waals surface area (Å²) in [6, 6.07) is 21.0. The fourth-order valence-electron chi connectivity index (χ4n) is 5.70. The van der Waals surface area contributed by atoms with Crippen molar-refractivity contribution in [1.29, 1.82) is 0 Å². The maximum Gasteiger partial charge on any atom is 0.347 e. The highest BCUT2D eigenvalue weighted by molar-refractivity contribution is 5.84. The molecule has 2 aromatic heterocycles. The number of carbonyl (C=O) groups is 1. The van der Waals surface area contributed by atoms with Gasteiger partial charge in [0.25, 0.3) is 5.56 Å². The van der Waals surface area contributed by atoms with E-state index in [4.69, 9.17) is 24.3 Å². The molecule has 2 heterocycles. The molecule has 0 N–H and O–H groups in total. The third-order valence-corrected chi connectivity index (χ3v) is 8.08. The number of ether oxygens (including phenoxy) is 3. The van der Waals surface area contributed by atoms with Gasteiger partial charge in [0.2, 0.25) is 0 Å². The predicted molar refractivity (Wildman–Crippen MR) is 186 cm³/mol. The first-order valence-corrected chi connectivity index (χ1v) is 16.0. The van der Waals surface area contributed by atoms with Gasteiger partial charge in [0.15, 0.2) is 11.9 Å². The zero-order valence-electron chi connectivity index (χ0n) is 28.3. The highest BCUT2D eigenvalue weighted by Crippen LogP contribution is 2.34. The normalized spacial score (nSPS) is 12.2. The first-order valence-electron chi connectivity index (χ1n) is 16.0. The molecule has 9 nitrogen and oxygen atoms in total. The van der Waals surface area contributed by atoms with Gasteiger partial charge in [-0.3, -0.25) is 4.79 Å². The summed E-state index contributed by atoms with van der Waals surface area (Å²) < 4.78 is 20.3. The second kappa shape index (κ2) is 14.1. The summed E-state index contributed by atoms with van der Waals surface area (Å²) in [6.45, 7) is 16.5. The minimum absolute atomic E-state index is 0.201. The fraction of sp³-hybridized carbons (Fsp3) is 0.316. The van der Waals surface area contributed by atoms with Crippen LogP contribution in [0.25, 0.3) is 28.0 Å². The number of para-hydroxylation sites is 1. The Hall–Kier alpha value is -5.18. The topological polar surface area (TPSA) is 96.9 Å². The lowest BCUT2D eigenvalue weighted by atomic mass is 9.96. The second-order valence-corrected chi connectivity index (χ2v) is 11.8. The van der Waals surface area contributed by atoms with Gasteiger partial charge in [-0.05, 0) is 113 Å². The molecule has 47 heavy (non-hydrogen) atoms. The maximum atomic E-state index is 13.9. The third kappa shape index (κ3) is 6.84. The number of esters is 1. The number of aromatic nitrogens is 3. The molecule has 0 spiro atoms. The fourth-order valence-corrected chi connectivity index (χ4v) is 5.70. The van der Waals surface area contributed by atoms with Crippen LogP contribution >= 0.6 is 0 Å². The van der Waals surface area contributed by atoms with Gasteiger partial charge < -0.3 is 18.8 Å². The largest absolute Gasteiger partial charge is 0.494 e. The molecule has 3 aromatic carbocycles. The molecule has 0 aliphatic heterocycles. The summed E-state index contributed by atoms with van der Waals surface area (Å²) in [6.07, 6.45) is 1.01. The van der Waals surface area contributed by atoms with Crippen LogP contribution in [0, 0.1) is 20.8 Å². The average Bonchev–Trinajstić information content (AvgIpc) is 3.33. The Morgan fingerprint density at radius 1 is 0.957 bits per heavy atom. The Kier molecular flexibility index (Phi) is 9.94. The van der Waals surface area contributed by atoms with Crippen molar-refractivity contribution < 1.29 is 19.0 Å². The zero-order valence-corrected chi connectivity index (χ0v) is 28.3. The van der Waals surface area contributed by atoms with Crippen LogP contribution in [0.4, 0.5) is 0 Å². The lowest BCUT2D eigenvalue weighted by Gasteiger charge is -2.18. The highest BCUT2D eigenvalue weighted by Gasteiger charge is 2.20. The first-order chi connectivity index (χ1) is 22.5. The molecule has 1 atom stereocenters. The Labute approximate surface area is 275 Å². The molecule has 0 unspecified atom stereocenters. The number of rotatable bonds is 11. The molecule has 0 amide bonds. The number of aryl methyl sites for hydroxylation is 2. The Bertz CT molecular complexity index is 2000. The van der Waals surface area contributed by atoms with Crippen LogP contribution in [0.5, 0.6) is 11.5 Å². The van der Waals surface area contributed by atoms with E-state index < -0.39 is 12.1 Å². The van der Waals surface area contributed by atoms with Crippen molar-refractivity contribution in [3.05, 3.63) is 105 Å². The lowest BCUT2D eigenvalue weighted by Crippen LogP contribution is -2.26. The van der Waals surface area contributed by atoms with Gasteiger partial charge in [0.1, 0.15) is 11.5 Å². The van der Waals surface area contributed by atoms with E-state index in [0.29, 0.717) is 35.7 Å². The summed E-state index contributed by atoms with van der Waals surface area (Å²) in [5.41, 5.74) is 6.88. The van der Waals surface area contributed by atoms with Crippen molar-refractivity contribution in [3.63, 3.8) is 0 Å². The number of hydrogen-bond acceptors (Lipinski definition) is 7. The molecule has 0 aliphatic carbocycles. The molecule has 244 valence electrons. The van der Waals surface area contributed by atoms with E-state index >= 15 is 0 Å². The number of fused-ring (bicyclic) bond motifs is 1. The number of carbonyl (C=O) groups excluding carboxylic acids is 1. The number of benzene rings is 3. The van der Waals surface area contributed by atoms with Gasteiger partial charge in [-0.25, -0.2) is 9.78 Å². The van der Waals surface area contributed by atoms with Crippen LogP contribution in [0.1, 0.15) is 68.6 Å². The Balaban J connectivity index is 1.55. The van der Waals surface area contributed by atoms with Crippen molar-refractivity contribution in [1.82, 2.24) is 14.2 Å². The van der Waals surface area contributed by atoms with Crippen molar-refractivity contribution in [2.24, 2.45) is 5.10 Å². The van der Waals surface area contributed by atoms with E-state index in [-0.39, 0.29) is 11.5 Å². The summed E-state index contributed by atoms with van der Waals surface area (Å²) in [5.74, 6) is 1.67. The van der Waals surface area contributed by atoms with E-state index in [2.05, 4.69) is 24.5 Å². The standard InChI is InChI=1S/C38H42N4O5/c1-9-45-35-19-24(5)33(21-32(35)23(3)4)36-40-34-14-12-11-13-31(34)37(43)42(36)39-22-28-20-25(6)41(26(28)7)29-15-17-30(18-16-29)47-27(8)38(44)46-10-2/h11-23,27H,9-10H2,1-8H3/t27-/m0/s1. The molecule has 0 bridgehead atoms. The van der Waals surface area contributed by atoms with E-state index in [1.165, 1.54) is 4.68 Å². The van der Waals surface area contributed by atoms with Crippen LogP contribution in [0.15, 0.2) is 76.6 Å². The van der Waals surface area contributed by atoms with Crippen LogP contribution < -0.4 is 15.0 Å². The van der Waals surface area contributed by atoms with E-state index in [1.807, 2.05) is 82.3 Å². The van der Waals surface area contributed by atoms with E-state index in [9.17, 15) is 9.59 Å².